The van der Waals surface area contributed by atoms with Crippen molar-refractivity contribution in [1.82, 2.24) is 0 Å². The summed E-state index contributed by atoms with van der Waals surface area (Å²) < 4.78 is 35.1. The minimum absolute atomic E-state index is 0.0699. The Morgan fingerprint density at radius 2 is 1.81 bits per heavy atom. The Balaban J connectivity index is 1.63. The summed E-state index contributed by atoms with van der Waals surface area (Å²) >= 11 is 1.38. The van der Waals surface area contributed by atoms with Gasteiger partial charge >= 0.3 is 0 Å². The number of ether oxygens (including phenoxy) is 2. The van der Waals surface area contributed by atoms with E-state index in [1.807, 2.05) is 43.0 Å². The van der Waals surface area contributed by atoms with Gasteiger partial charge < -0.3 is 14.4 Å². The smallest absolute Gasteiger partial charge is 0.252 e. The normalized spacial score (nSPS) is 22.8. The van der Waals surface area contributed by atoms with Gasteiger partial charge in [0.05, 0.1) is 38.2 Å². The van der Waals surface area contributed by atoms with Gasteiger partial charge in [0.2, 0.25) is 0 Å². The average molecular weight is 475 g/mol. The molecule has 0 aliphatic carbocycles. The van der Waals surface area contributed by atoms with E-state index in [1.165, 1.54) is 11.8 Å². The van der Waals surface area contributed by atoms with Gasteiger partial charge in [-0.2, -0.15) is 4.99 Å². The number of amides is 1. The third-order valence-electron chi connectivity index (χ3n) is 5.86. The fourth-order valence-corrected chi connectivity index (χ4v) is 7.98. The first kappa shape index (κ1) is 22.7. The van der Waals surface area contributed by atoms with E-state index in [4.69, 9.17) is 9.47 Å². The zero-order chi connectivity index (χ0) is 23.0. The fraction of sp³-hybridized carbons (Fsp3) is 0.391. The lowest BCUT2D eigenvalue weighted by atomic mass is 10.1. The van der Waals surface area contributed by atoms with Crippen LogP contribution < -0.4 is 14.4 Å². The molecule has 7 nitrogen and oxygen atoms in total. The summed E-state index contributed by atoms with van der Waals surface area (Å²) in [7, 11) is 0.000972. The maximum absolute atomic E-state index is 12.8. The third kappa shape index (κ3) is 4.49. The molecular weight excluding hydrogens is 448 g/mol. The molecule has 9 heteroatoms. The summed E-state index contributed by atoms with van der Waals surface area (Å²) in [5.74, 6) is 1.03. The van der Waals surface area contributed by atoms with E-state index in [0.29, 0.717) is 16.7 Å². The van der Waals surface area contributed by atoms with E-state index in [2.05, 4.69) is 4.99 Å². The van der Waals surface area contributed by atoms with Crippen LogP contribution in [0.3, 0.4) is 0 Å². The predicted octanol–water partition coefficient (Wildman–Crippen LogP) is 3.16. The summed E-state index contributed by atoms with van der Waals surface area (Å²) in [5.41, 5.74) is 3.88. The number of fused-ring (bicyclic) bond motifs is 1. The number of nitrogens with zero attached hydrogens (tertiary/aromatic N) is 2. The summed E-state index contributed by atoms with van der Waals surface area (Å²) in [6.07, 6.45) is 0.110. The van der Waals surface area contributed by atoms with E-state index in [-0.39, 0.29) is 35.1 Å². The quantitative estimate of drug-likeness (QED) is 0.658. The van der Waals surface area contributed by atoms with Crippen LogP contribution in [0.25, 0.3) is 0 Å². The summed E-state index contributed by atoms with van der Waals surface area (Å²) in [6, 6.07) is 11.1. The molecule has 2 aliphatic rings. The Bertz CT molecular complexity index is 1190. The molecule has 0 spiro atoms. The number of amidine groups is 1. The molecule has 0 saturated carbocycles. The number of hydrogen-bond acceptors (Lipinski definition) is 6. The second-order valence-corrected chi connectivity index (χ2v) is 11.5. The molecular formula is C23H26N2O5S2. The minimum atomic E-state index is -3.11. The molecule has 2 aliphatic heterocycles. The van der Waals surface area contributed by atoms with Crippen molar-refractivity contribution in [3.63, 3.8) is 0 Å². The van der Waals surface area contributed by atoms with Gasteiger partial charge in [-0.1, -0.05) is 23.9 Å². The highest BCUT2D eigenvalue weighted by Gasteiger charge is 2.49. The number of hydrogen-bond donors (Lipinski definition) is 0. The van der Waals surface area contributed by atoms with Crippen molar-refractivity contribution in [3.8, 4) is 11.5 Å². The topological polar surface area (TPSA) is 85.3 Å². The molecule has 1 amide bonds. The van der Waals surface area contributed by atoms with Gasteiger partial charge in [0.25, 0.3) is 5.91 Å². The van der Waals surface area contributed by atoms with Crippen LogP contribution in [-0.4, -0.2) is 56.5 Å². The van der Waals surface area contributed by atoms with Crippen LogP contribution in [0.15, 0.2) is 41.4 Å². The van der Waals surface area contributed by atoms with Gasteiger partial charge in [0.15, 0.2) is 26.5 Å². The Labute approximate surface area is 192 Å². The van der Waals surface area contributed by atoms with Crippen LogP contribution in [-0.2, 0) is 21.1 Å². The van der Waals surface area contributed by atoms with E-state index in [9.17, 15) is 13.2 Å². The Kier molecular flexibility index (Phi) is 6.22. The van der Waals surface area contributed by atoms with Gasteiger partial charge in [-0.25, -0.2) is 8.42 Å². The number of aliphatic imine (C=N–C) groups is 1. The van der Waals surface area contributed by atoms with Crippen LogP contribution in [0.5, 0.6) is 11.5 Å². The lowest BCUT2D eigenvalue weighted by Crippen LogP contribution is -2.37. The predicted molar refractivity (Wildman–Crippen MR) is 128 cm³/mol. The van der Waals surface area contributed by atoms with Crippen molar-refractivity contribution >= 4 is 38.4 Å². The van der Waals surface area contributed by atoms with Crippen LogP contribution in [0.1, 0.15) is 16.7 Å². The molecule has 170 valence electrons. The molecule has 32 heavy (non-hydrogen) atoms. The molecule has 2 fully saturated rings. The zero-order valence-electron chi connectivity index (χ0n) is 18.5. The lowest BCUT2D eigenvalue weighted by molar-refractivity contribution is -0.117. The standard InChI is InChI=1S/C23H26N2O5S2/c1-14-5-7-17(9-15(14)2)25-18-12-32(27,28)13-21(18)31-23(25)24-22(26)11-16-6-8-19(29-3)20(10-16)30-4/h5-10,18,21H,11-13H2,1-4H3/t18-,21+/m1/s1. The van der Waals surface area contributed by atoms with Gasteiger partial charge in [-0.05, 0) is 54.8 Å². The molecule has 0 bridgehead atoms. The Morgan fingerprint density at radius 1 is 1.06 bits per heavy atom. The molecule has 2 saturated heterocycles. The number of carbonyl (C=O) groups excluding carboxylic acids is 1. The number of thioether (sulfide) groups is 1. The lowest BCUT2D eigenvalue weighted by Gasteiger charge is -2.25. The average Bonchev–Trinajstić information content (AvgIpc) is 3.20. The van der Waals surface area contributed by atoms with Crippen LogP contribution in [0, 0.1) is 13.8 Å². The van der Waals surface area contributed by atoms with Gasteiger partial charge in [0, 0.05) is 10.9 Å². The first-order chi connectivity index (χ1) is 15.2. The minimum Gasteiger partial charge on any atom is -0.493 e. The third-order valence-corrected chi connectivity index (χ3v) is 9.07. The second-order valence-electron chi connectivity index (χ2n) is 8.09. The molecule has 2 aromatic rings. The molecule has 2 aromatic carbocycles. The second kappa shape index (κ2) is 8.78. The van der Waals surface area contributed by atoms with Crippen molar-refractivity contribution in [2.45, 2.75) is 31.6 Å². The number of aryl methyl sites for hydroxylation is 2. The van der Waals surface area contributed by atoms with Crippen molar-refractivity contribution in [1.29, 1.82) is 0 Å². The molecule has 2 heterocycles. The van der Waals surface area contributed by atoms with E-state index in [1.54, 1.807) is 26.4 Å². The molecule has 2 atom stereocenters. The maximum atomic E-state index is 12.8. The fourth-order valence-electron chi connectivity index (χ4n) is 4.05. The number of rotatable bonds is 5. The van der Waals surface area contributed by atoms with E-state index in [0.717, 1.165) is 22.4 Å². The zero-order valence-corrected chi connectivity index (χ0v) is 20.1. The van der Waals surface area contributed by atoms with E-state index >= 15 is 0 Å². The van der Waals surface area contributed by atoms with E-state index < -0.39 is 9.84 Å². The van der Waals surface area contributed by atoms with Crippen molar-refractivity contribution < 1.29 is 22.7 Å². The number of methoxy groups -OCH3 is 2. The van der Waals surface area contributed by atoms with Gasteiger partial charge in [-0.15, -0.1) is 0 Å². The van der Waals surface area contributed by atoms with Crippen LogP contribution in [0.4, 0.5) is 5.69 Å². The number of anilines is 1. The molecule has 0 unspecified atom stereocenters. The molecule has 0 radical (unpaired) electrons. The first-order valence-electron chi connectivity index (χ1n) is 10.3. The summed E-state index contributed by atoms with van der Waals surface area (Å²) in [5, 5.41) is 0.429. The Morgan fingerprint density at radius 3 is 2.50 bits per heavy atom. The maximum Gasteiger partial charge on any atom is 0.252 e. The Hall–Kier alpha value is -2.52. The van der Waals surface area contributed by atoms with Crippen molar-refractivity contribution in [3.05, 3.63) is 53.1 Å². The molecule has 0 aromatic heterocycles. The van der Waals surface area contributed by atoms with Crippen LogP contribution in [0.2, 0.25) is 0 Å². The SMILES string of the molecule is COc1ccc(CC(=O)N=C2S[C@H]3CS(=O)(=O)C[C@H]3N2c2ccc(C)c(C)c2)cc1OC. The molecule has 4 rings (SSSR count). The number of carbonyl (C=O) groups is 1. The highest BCUT2D eigenvalue weighted by molar-refractivity contribution is 8.16. The largest absolute Gasteiger partial charge is 0.493 e. The number of sulfone groups is 1. The van der Waals surface area contributed by atoms with Crippen LogP contribution >= 0.6 is 11.8 Å². The van der Waals surface area contributed by atoms with Crippen molar-refractivity contribution in [2.24, 2.45) is 4.99 Å². The molecule has 0 N–H and O–H groups in total. The summed E-state index contributed by atoms with van der Waals surface area (Å²) in [6.45, 7) is 4.05. The highest BCUT2D eigenvalue weighted by Crippen LogP contribution is 2.41. The highest BCUT2D eigenvalue weighted by atomic mass is 32.2. The monoisotopic (exact) mass is 474 g/mol. The van der Waals surface area contributed by atoms with Gasteiger partial charge in [-0.3, -0.25) is 4.79 Å². The number of benzene rings is 2. The van der Waals surface area contributed by atoms with Crippen molar-refractivity contribution in [2.75, 3.05) is 30.6 Å². The first-order valence-corrected chi connectivity index (χ1v) is 13.0. The summed E-state index contributed by atoms with van der Waals surface area (Å²) in [4.78, 5) is 19.2. The van der Waals surface area contributed by atoms with Gasteiger partial charge in [0.1, 0.15) is 0 Å².